The summed E-state index contributed by atoms with van der Waals surface area (Å²) in [6.45, 7) is 2.77. The van der Waals surface area contributed by atoms with Crippen LogP contribution in [0.3, 0.4) is 0 Å². The van der Waals surface area contributed by atoms with E-state index in [0.717, 1.165) is 30.5 Å². The number of amides is 1. The number of ether oxygens (including phenoxy) is 1. The number of rotatable bonds is 2. The third kappa shape index (κ3) is 3.19. The van der Waals surface area contributed by atoms with Crippen LogP contribution in [0.1, 0.15) is 57.4 Å². The molecule has 1 N–H and O–H groups in total. The average molecular weight is 373 g/mol. The lowest BCUT2D eigenvalue weighted by molar-refractivity contribution is -0.874. The average Bonchev–Trinajstić information content (AvgIpc) is 2.86. The molecule has 0 spiro atoms. The zero-order valence-electron chi connectivity index (χ0n) is 16.7. The summed E-state index contributed by atoms with van der Waals surface area (Å²) >= 11 is 0. The maximum absolute atomic E-state index is 12.9. The number of likely N-dealkylation sites (tertiary alicyclic amines) is 1. The summed E-state index contributed by atoms with van der Waals surface area (Å²) in [6.07, 6.45) is 7.25. The van der Waals surface area contributed by atoms with Gasteiger partial charge in [-0.25, -0.2) is 4.79 Å². The molecule has 4 rings (SSSR count). The molecule has 148 valence electrons. The Hall–Kier alpha value is -1.79. The van der Waals surface area contributed by atoms with E-state index in [4.69, 9.17) is 4.74 Å². The highest BCUT2D eigenvalue weighted by molar-refractivity contribution is 5.72. The third-order valence-electron chi connectivity index (χ3n) is 6.88. The summed E-state index contributed by atoms with van der Waals surface area (Å²) in [5.74, 6) is 0.558. The van der Waals surface area contributed by atoms with Crippen LogP contribution in [0.15, 0.2) is 18.2 Å². The quantitative estimate of drug-likeness (QED) is 0.485. The Morgan fingerprint density at radius 3 is 2.70 bits per heavy atom. The number of hydroxylamine groups is 3. The van der Waals surface area contributed by atoms with Gasteiger partial charge in [0.2, 0.25) is 0 Å². The third-order valence-corrected chi connectivity index (χ3v) is 6.88. The SMILES string of the molecule is CN1c2ccc(OC(=O)NC3CCCCCC3)cc2[C@]2(C)CC[N+](C)([O-])[C@H]12. The molecule has 6 heteroatoms. The van der Waals surface area contributed by atoms with E-state index in [-0.39, 0.29) is 28.4 Å². The number of hydrogen-bond acceptors (Lipinski definition) is 4. The van der Waals surface area contributed by atoms with Crippen LogP contribution < -0.4 is 15.0 Å². The van der Waals surface area contributed by atoms with Crippen molar-refractivity contribution in [3.8, 4) is 5.75 Å². The molecule has 1 saturated heterocycles. The minimum absolute atomic E-state index is 0.123. The van der Waals surface area contributed by atoms with Crippen molar-refractivity contribution in [1.29, 1.82) is 0 Å². The van der Waals surface area contributed by atoms with Gasteiger partial charge in [0.1, 0.15) is 5.75 Å². The summed E-state index contributed by atoms with van der Waals surface area (Å²) in [5.41, 5.74) is 1.98. The van der Waals surface area contributed by atoms with Crippen molar-refractivity contribution in [2.75, 3.05) is 25.5 Å². The van der Waals surface area contributed by atoms with E-state index in [0.29, 0.717) is 12.3 Å². The van der Waals surface area contributed by atoms with Crippen molar-refractivity contribution < 1.29 is 14.2 Å². The van der Waals surface area contributed by atoms with Crippen LogP contribution in [0.5, 0.6) is 5.75 Å². The van der Waals surface area contributed by atoms with E-state index in [1.54, 1.807) is 7.05 Å². The van der Waals surface area contributed by atoms with E-state index >= 15 is 0 Å². The number of nitrogens with zero attached hydrogens (tertiary/aromatic N) is 2. The summed E-state index contributed by atoms with van der Waals surface area (Å²) < 4.78 is 5.36. The predicted octanol–water partition coefficient (Wildman–Crippen LogP) is 3.88. The Balaban J connectivity index is 1.50. The van der Waals surface area contributed by atoms with Crippen LogP contribution in [0.25, 0.3) is 0 Å². The van der Waals surface area contributed by atoms with Gasteiger partial charge in [0, 0.05) is 25.2 Å². The topological polar surface area (TPSA) is 64.6 Å². The Morgan fingerprint density at radius 1 is 1.30 bits per heavy atom. The van der Waals surface area contributed by atoms with Crippen LogP contribution >= 0.6 is 0 Å². The largest absolute Gasteiger partial charge is 0.631 e. The van der Waals surface area contributed by atoms with Crippen molar-refractivity contribution in [3.63, 3.8) is 0 Å². The molecule has 6 nitrogen and oxygen atoms in total. The molecule has 1 amide bonds. The molecule has 0 aromatic heterocycles. The molecular weight excluding hydrogens is 342 g/mol. The summed E-state index contributed by atoms with van der Waals surface area (Å²) in [4.78, 5) is 14.5. The highest BCUT2D eigenvalue weighted by atomic mass is 16.6. The number of fused-ring (bicyclic) bond motifs is 3. The van der Waals surface area contributed by atoms with Gasteiger partial charge in [-0.05, 0) is 43.5 Å². The monoisotopic (exact) mass is 373 g/mol. The van der Waals surface area contributed by atoms with Crippen LogP contribution in [0.4, 0.5) is 10.5 Å². The van der Waals surface area contributed by atoms with Gasteiger partial charge < -0.3 is 24.8 Å². The summed E-state index contributed by atoms with van der Waals surface area (Å²) in [7, 11) is 3.75. The molecule has 1 aliphatic carbocycles. The Bertz CT molecular complexity index is 727. The zero-order chi connectivity index (χ0) is 19.2. The maximum atomic E-state index is 12.9. The van der Waals surface area contributed by atoms with E-state index in [2.05, 4.69) is 17.1 Å². The molecule has 2 heterocycles. The summed E-state index contributed by atoms with van der Waals surface area (Å²) in [5, 5.41) is 15.9. The molecular formula is C21H31N3O3. The van der Waals surface area contributed by atoms with Gasteiger partial charge in [-0.3, -0.25) is 0 Å². The van der Waals surface area contributed by atoms with Crippen molar-refractivity contribution in [3.05, 3.63) is 29.0 Å². The lowest BCUT2D eigenvalue weighted by atomic mass is 9.81. The Morgan fingerprint density at radius 2 is 2.00 bits per heavy atom. The fraction of sp³-hybridized carbons (Fsp3) is 0.667. The highest BCUT2D eigenvalue weighted by Gasteiger charge is 2.58. The summed E-state index contributed by atoms with van der Waals surface area (Å²) in [6, 6.07) is 5.99. The van der Waals surface area contributed by atoms with Crippen LogP contribution in [-0.4, -0.2) is 43.6 Å². The first-order valence-corrected chi connectivity index (χ1v) is 10.2. The standard InChI is InChI=1S/C21H31N3O3/c1-21-12-13-24(3,26)19(21)23(2)18-11-10-16(14-17(18)21)27-20(25)22-15-8-6-4-5-7-9-15/h10-11,14-15,19H,4-9,12-13H2,1-3H3,(H,22,25)/t19-,21-,24?/m0/s1. The first-order valence-electron chi connectivity index (χ1n) is 10.2. The molecule has 3 aliphatic rings. The first-order chi connectivity index (χ1) is 12.8. The maximum Gasteiger partial charge on any atom is 0.412 e. The number of anilines is 1. The van der Waals surface area contributed by atoms with E-state index in [1.165, 1.54) is 25.7 Å². The smallest absolute Gasteiger partial charge is 0.412 e. The van der Waals surface area contributed by atoms with Crippen LogP contribution in [-0.2, 0) is 5.41 Å². The number of hydrogen-bond donors (Lipinski definition) is 1. The number of carbonyl (C=O) groups excluding carboxylic acids is 1. The van der Waals surface area contributed by atoms with Gasteiger partial charge in [0.15, 0.2) is 6.17 Å². The van der Waals surface area contributed by atoms with Gasteiger partial charge in [-0.1, -0.05) is 25.7 Å². The fourth-order valence-electron chi connectivity index (χ4n) is 5.58. The van der Waals surface area contributed by atoms with Crippen molar-refractivity contribution in [2.45, 2.75) is 69.5 Å². The molecule has 0 bridgehead atoms. The van der Waals surface area contributed by atoms with E-state index < -0.39 is 0 Å². The minimum atomic E-state index is -0.370. The van der Waals surface area contributed by atoms with Crippen molar-refractivity contribution in [2.24, 2.45) is 0 Å². The second-order valence-electron chi connectivity index (χ2n) is 8.95. The lowest BCUT2D eigenvalue weighted by Crippen LogP contribution is -2.54. The number of quaternary nitrogens is 1. The molecule has 1 unspecified atom stereocenters. The number of likely N-dealkylation sites (N-methyl/N-ethyl adjacent to an activating group) is 2. The molecule has 27 heavy (non-hydrogen) atoms. The fourth-order valence-corrected chi connectivity index (χ4v) is 5.58. The van der Waals surface area contributed by atoms with Gasteiger partial charge in [-0.2, -0.15) is 0 Å². The van der Waals surface area contributed by atoms with Crippen molar-refractivity contribution >= 4 is 11.8 Å². The molecule has 1 saturated carbocycles. The van der Waals surface area contributed by atoms with Gasteiger partial charge >= 0.3 is 6.09 Å². The molecule has 0 radical (unpaired) electrons. The number of nitrogens with one attached hydrogen (secondary N) is 1. The number of benzene rings is 1. The molecule has 2 fully saturated rings. The highest BCUT2D eigenvalue weighted by Crippen LogP contribution is 2.54. The Labute approximate surface area is 161 Å². The van der Waals surface area contributed by atoms with E-state index in [9.17, 15) is 10.0 Å². The second-order valence-corrected chi connectivity index (χ2v) is 8.95. The molecule has 1 aromatic carbocycles. The van der Waals surface area contributed by atoms with Gasteiger partial charge in [0.25, 0.3) is 0 Å². The van der Waals surface area contributed by atoms with Crippen LogP contribution in [0, 0.1) is 5.21 Å². The van der Waals surface area contributed by atoms with Gasteiger partial charge in [-0.15, -0.1) is 0 Å². The molecule has 1 aromatic rings. The minimum Gasteiger partial charge on any atom is -0.631 e. The first kappa shape index (κ1) is 18.6. The van der Waals surface area contributed by atoms with Gasteiger partial charge in [0.05, 0.1) is 19.0 Å². The van der Waals surface area contributed by atoms with Crippen LogP contribution in [0.2, 0.25) is 0 Å². The van der Waals surface area contributed by atoms with E-state index in [1.807, 2.05) is 25.2 Å². The normalized spacial score (nSPS) is 33.3. The lowest BCUT2D eigenvalue weighted by Gasteiger charge is -2.44. The Kier molecular flexibility index (Phi) is 4.59. The zero-order valence-corrected chi connectivity index (χ0v) is 16.7. The molecule has 2 aliphatic heterocycles. The number of carbonyl (C=O) groups is 1. The second kappa shape index (κ2) is 6.67. The predicted molar refractivity (Wildman–Crippen MR) is 106 cm³/mol. The molecule has 3 atom stereocenters. The van der Waals surface area contributed by atoms with Crippen molar-refractivity contribution in [1.82, 2.24) is 5.32 Å².